The number of carbonyl (C=O) groups is 1. The maximum absolute atomic E-state index is 10.4. The minimum atomic E-state index is -0.290. The molecule has 0 N–H and O–H groups in total. The minimum Gasteiger partial charge on any atom is -0.298 e. The highest BCUT2D eigenvalue weighted by Gasteiger charge is 2.24. The van der Waals surface area contributed by atoms with Crippen molar-refractivity contribution in [3.05, 3.63) is 0 Å². The number of rotatable bonds is 3. The van der Waals surface area contributed by atoms with Crippen molar-refractivity contribution in [1.82, 2.24) is 0 Å². The maximum Gasteiger partial charge on any atom is 0.342 e. The van der Waals surface area contributed by atoms with Gasteiger partial charge in [0.15, 0.2) is 0 Å². The van der Waals surface area contributed by atoms with E-state index >= 15 is 0 Å². The van der Waals surface area contributed by atoms with Crippen LogP contribution in [0.1, 0.15) is 26.2 Å². The van der Waals surface area contributed by atoms with Crippen molar-refractivity contribution in [2.75, 3.05) is 0 Å². The van der Waals surface area contributed by atoms with Gasteiger partial charge >= 0.3 is 5.97 Å². The van der Waals surface area contributed by atoms with Crippen molar-refractivity contribution < 1.29 is 14.6 Å². The monoisotopic (exact) mass is 130 g/mol. The van der Waals surface area contributed by atoms with Gasteiger partial charge < -0.3 is 0 Å². The van der Waals surface area contributed by atoms with Gasteiger partial charge in [0, 0.05) is 6.42 Å². The van der Waals surface area contributed by atoms with Crippen LogP contribution < -0.4 is 0 Å². The van der Waals surface area contributed by atoms with E-state index in [-0.39, 0.29) is 12.1 Å². The lowest BCUT2D eigenvalue weighted by atomic mass is 10.5. The second-order valence-electron chi connectivity index (χ2n) is 2.10. The maximum atomic E-state index is 10.4. The Balaban J connectivity index is 1.96. The van der Waals surface area contributed by atoms with Crippen LogP contribution in [-0.4, -0.2) is 12.1 Å². The Kier molecular flexibility index (Phi) is 2.05. The number of hydrogen-bond acceptors (Lipinski definition) is 3. The molecule has 0 aromatic carbocycles. The van der Waals surface area contributed by atoms with Crippen LogP contribution in [0.3, 0.4) is 0 Å². The average molecular weight is 130 g/mol. The highest BCUT2D eigenvalue weighted by molar-refractivity contribution is 5.68. The zero-order chi connectivity index (χ0) is 6.69. The molecule has 1 saturated carbocycles. The zero-order valence-corrected chi connectivity index (χ0v) is 5.42. The molecule has 0 heterocycles. The fourth-order valence-corrected chi connectivity index (χ4v) is 0.345. The lowest BCUT2D eigenvalue weighted by Crippen LogP contribution is -2.04. The molecule has 9 heavy (non-hydrogen) atoms. The first-order chi connectivity index (χ1) is 4.33. The molecule has 3 nitrogen and oxygen atoms in total. The molecule has 0 aromatic heterocycles. The third-order valence-corrected chi connectivity index (χ3v) is 1.09. The largest absolute Gasteiger partial charge is 0.342 e. The summed E-state index contributed by atoms with van der Waals surface area (Å²) in [7, 11) is 0. The molecule has 1 rings (SSSR count). The molecule has 0 saturated heterocycles. The molecule has 0 radical (unpaired) electrons. The summed E-state index contributed by atoms with van der Waals surface area (Å²) in [5, 5.41) is 0. The van der Waals surface area contributed by atoms with E-state index in [1.54, 1.807) is 6.92 Å². The van der Waals surface area contributed by atoms with Gasteiger partial charge in [-0.2, -0.15) is 4.89 Å². The van der Waals surface area contributed by atoms with Crippen molar-refractivity contribution in [1.29, 1.82) is 0 Å². The highest BCUT2D eigenvalue weighted by Crippen LogP contribution is 2.23. The zero-order valence-electron chi connectivity index (χ0n) is 5.42. The Morgan fingerprint density at radius 2 is 2.33 bits per heavy atom. The highest BCUT2D eigenvalue weighted by atomic mass is 17.2. The van der Waals surface area contributed by atoms with Crippen molar-refractivity contribution in [2.45, 2.75) is 32.3 Å². The van der Waals surface area contributed by atoms with Gasteiger partial charge in [0.1, 0.15) is 6.10 Å². The Labute approximate surface area is 53.9 Å². The van der Waals surface area contributed by atoms with Gasteiger partial charge in [-0.3, -0.25) is 4.89 Å². The molecule has 0 atom stereocenters. The van der Waals surface area contributed by atoms with E-state index in [0.717, 1.165) is 12.8 Å². The fraction of sp³-hybridized carbons (Fsp3) is 0.833. The molecule has 0 aliphatic heterocycles. The topological polar surface area (TPSA) is 35.5 Å². The van der Waals surface area contributed by atoms with Crippen molar-refractivity contribution in [3.8, 4) is 0 Å². The average Bonchev–Trinajstić information content (AvgIpc) is 2.65. The predicted molar refractivity (Wildman–Crippen MR) is 30.5 cm³/mol. The van der Waals surface area contributed by atoms with Crippen LogP contribution in [0.4, 0.5) is 0 Å². The first-order valence-corrected chi connectivity index (χ1v) is 3.19. The Bertz CT molecular complexity index is 107. The van der Waals surface area contributed by atoms with Gasteiger partial charge in [-0.05, 0) is 12.8 Å². The molecule has 1 aliphatic carbocycles. The van der Waals surface area contributed by atoms with E-state index in [4.69, 9.17) is 0 Å². The predicted octanol–water partition coefficient (Wildman–Crippen LogP) is 1.03. The standard InChI is InChI=1S/C6H10O3/c1-2-6(7)9-8-5-3-4-5/h5H,2-4H2,1H3. The molecular formula is C6H10O3. The summed E-state index contributed by atoms with van der Waals surface area (Å²) in [4.78, 5) is 19.4. The lowest BCUT2D eigenvalue weighted by molar-refractivity contribution is -0.279. The third-order valence-electron chi connectivity index (χ3n) is 1.09. The van der Waals surface area contributed by atoms with Crippen LogP contribution >= 0.6 is 0 Å². The van der Waals surface area contributed by atoms with E-state index in [9.17, 15) is 4.79 Å². The van der Waals surface area contributed by atoms with Crippen LogP contribution in [0.15, 0.2) is 0 Å². The quantitative estimate of drug-likeness (QED) is 0.423. The van der Waals surface area contributed by atoms with Crippen LogP contribution in [0.5, 0.6) is 0 Å². The third kappa shape index (κ3) is 2.46. The molecule has 0 bridgehead atoms. The molecule has 1 aliphatic rings. The Morgan fingerprint density at radius 1 is 1.67 bits per heavy atom. The number of carbonyl (C=O) groups excluding carboxylic acids is 1. The molecular weight excluding hydrogens is 120 g/mol. The second kappa shape index (κ2) is 2.82. The van der Waals surface area contributed by atoms with Gasteiger partial charge in [-0.25, -0.2) is 4.79 Å². The summed E-state index contributed by atoms with van der Waals surface area (Å²) in [5.74, 6) is -0.290. The Hall–Kier alpha value is -0.570. The number of hydrogen-bond donors (Lipinski definition) is 0. The summed E-state index contributed by atoms with van der Waals surface area (Å²) >= 11 is 0. The van der Waals surface area contributed by atoms with Crippen LogP contribution in [-0.2, 0) is 14.6 Å². The van der Waals surface area contributed by atoms with E-state index in [0.29, 0.717) is 6.42 Å². The molecule has 0 unspecified atom stereocenters. The Morgan fingerprint density at radius 3 is 2.78 bits per heavy atom. The molecule has 0 aromatic rings. The van der Waals surface area contributed by atoms with Crippen molar-refractivity contribution in [2.24, 2.45) is 0 Å². The first kappa shape index (κ1) is 6.55. The molecule has 52 valence electrons. The summed E-state index contributed by atoms with van der Waals surface area (Å²) in [5.41, 5.74) is 0. The van der Waals surface area contributed by atoms with E-state index in [1.165, 1.54) is 0 Å². The van der Waals surface area contributed by atoms with E-state index in [2.05, 4.69) is 9.78 Å². The summed E-state index contributed by atoms with van der Waals surface area (Å²) in [6.45, 7) is 1.73. The van der Waals surface area contributed by atoms with Crippen LogP contribution in [0, 0.1) is 0 Å². The smallest absolute Gasteiger partial charge is 0.298 e. The van der Waals surface area contributed by atoms with Crippen LogP contribution in [0.25, 0.3) is 0 Å². The van der Waals surface area contributed by atoms with Crippen molar-refractivity contribution >= 4 is 5.97 Å². The molecule has 1 fully saturated rings. The molecule has 3 heteroatoms. The van der Waals surface area contributed by atoms with Gasteiger partial charge in [0.05, 0.1) is 0 Å². The molecule has 0 amide bonds. The van der Waals surface area contributed by atoms with Crippen LogP contribution in [0.2, 0.25) is 0 Å². The fourth-order valence-electron chi connectivity index (χ4n) is 0.345. The summed E-state index contributed by atoms with van der Waals surface area (Å²) in [6, 6.07) is 0. The van der Waals surface area contributed by atoms with E-state index in [1.807, 2.05) is 0 Å². The van der Waals surface area contributed by atoms with Gasteiger partial charge in [-0.1, -0.05) is 6.92 Å². The molecule has 0 spiro atoms. The van der Waals surface area contributed by atoms with Gasteiger partial charge in [0.2, 0.25) is 0 Å². The van der Waals surface area contributed by atoms with Gasteiger partial charge in [-0.15, -0.1) is 0 Å². The lowest BCUT2D eigenvalue weighted by Gasteiger charge is -1.97. The van der Waals surface area contributed by atoms with Gasteiger partial charge in [0.25, 0.3) is 0 Å². The van der Waals surface area contributed by atoms with Crippen molar-refractivity contribution in [3.63, 3.8) is 0 Å². The normalized spacial score (nSPS) is 17.4. The SMILES string of the molecule is CCC(=O)OOC1CC1. The van der Waals surface area contributed by atoms with E-state index < -0.39 is 0 Å². The summed E-state index contributed by atoms with van der Waals surface area (Å²) in [6.07, 6.45) is 2.63. The second-order valence-corrected chi connectivity index (χ2v) is 2.10. The minimum absolute atomic E-state index is 0.195. The first-order valence-electron chi connectivity index (χ1n) is 3.19. The summed E-state index contributed by atoms with van der Waals surface area (Å²) < 4.78 is 0.